The van der Waals surface area contributed by atoms with Crippen molar-refractivity contribution in [1.82, 2.24) is 9.76 Å². The minimum Gasteiger partial charge on any atom is -0.485 e. The Balaban J connectivity index is 2.15. The first kappa shape index (κ1) is 27.1. The van der Waals surface area contributed by atoms with Gasteiger partial charge in [-0.25, -0.2) is 9.76 Å². The highest BCUT2D eigenvalue weighted by atomic mass is 31.2. The van der Waals surface area contributed by atoms with E-state index in [4.69, 9.17) is 14.2 Å². The van der Waals surface area contributed by atoms with Crippen molar-refractivity contribution in [3.63, 3.8) is 0 Å². The van der Waals surface area contributed by atoms with Gasteiger partial charge in [0.25, 0.3) is 0 Å². The minimum atomic E-state index is -3.20. The molecule has 7 nitrogen and oxygen atoms in total. The third-order valence-corrected chi connectivity index (χ3v) is 7.91. The molecule has 3 atom stereocenters. The molecule has 0 fully saturated rings. The van der Waals surface area contributed by atoms with Crippen molar-refractivity contribution < 1.29 is 23.6 Å². The van der Waals surface area contributed by atoms with E-state index in [1.165, 1.54) is 7.11 Å². The lowest BCUT2D eigenvalue weighted by Crippen LogP contribution is -2.39. The van der Waals surface area contributed by atoms with Crippen LogP contribution in [-0.2, 0) is 18.8 Å². The first-order chi connectivity index (χ1) is 15.7. The maximum atomic E-state index is 13.7. The summed E-state index contributed by atoms with van der Waals surface area (Å²) in [7, 11) is 0.0615. The number of esters is 1. The Labute approximate surface area is 197 Å². The van der Waals surface area contributed by atoms with E-state index < -0.39 is 19.5 Å². The molecule has 2 aromatic rings. The largest absolute Gasteiger partial charge is 0.485 e. The molecule has 1 N–H and O–H groups in total. The second-order valence-electron chi connectivity index (χ2n) is 8.41. The van der Waals surface area contributed by atoms with Gasteiger partial charge in [-0.15, -0.1) is 0 Å². The van der Waals surface area contributed by atoms with Crippen LogP contribution in [0.25, 0.3) is 0 Å². The number of ether oxygens (including phenoxy) is 3. The number of aryl methyl sites for hydroxylation is 1. The Morgan fingerprint density at radius 2 is 1.70 bits per heavy atom. The summed E-state index contributed by atoms with van der Waals surface area (Å²) in [5, 5.41) is 2.96. The van der Waals surface area contributed by atoms with Crippen molar-refractivity contribution in [2.75, 3.05) is 27.1 Å². The van der Waals surface area contributed by atoms with Crippen LogP contribution in [0.5, 0.6) is 5.75 Å². The van der Waals surface area contributed by atoms with Crippen LogP contribution in [0, 0.1) is 6.92 Å². The van der Waals surface area contributed by atoms with Crippen molar-refractivity contribution in [2.24, 2.45) is 0 Å². The summed E-state index contributed by atoms with van der Waals surface area (Å²) >= 11 is 0. The Morgan fingerprint density at radius 3 is 2.30 bits per heavy atom. The zero-order valence-corrected chi connectivity index (χ0v) is 21.4. The predicted molar refractivity (Wildman–Crippen MR) is 132 cm³/mol. The van der Waals surface area contributed by atoms with E-state index in [9.17, 15) is 9.36 Å². The molecule has 0 saturated heterocycles. The summed E-state index contributed by atoms with van der Waals surface area (Å²) in [5.74, 6) is 0.372. The number of rotatable bonds is 13. The molecule has 8 heteroatoms. The maximum absolute atomic E-state index is 13.7. The van der Waals surface area contributed by atoms with Gasteiger partial charge in [-0.3, -0.25) is 9.36 Å². The van der Waals surface area contributed by atoms with E-state index in [1.54, 1.807) is 32.5 Å². The topological polar surface area (TPSA) is 77.1 Å². The third-order valence-electron chi connectivity index (χ3n) is 5.21. The lowest BCUT2D eigenvalue weighted by atomic mass is 10.1. The lowest BCUT2D eigenvalue weighted by molar-refractivity contribution is -0.149. The van der Waals surface area contributed by atoms with Gasteiger partial charge in [0.15, 0.2) is 0 Å². The minimum absolute atomic E-state index is 0.0303. The molecule has 0 aliphatic rings. The summed E-state index contributed by atoms with van der Waals surface area (Å²) < 4.78 is 32.3. The fraction of sp³-hybridized carbons (Fsp3) is 0.480. The number of nitrogens with zero attached hydrogens (tertiary/aromatic N) is 1. The smallest absolute Gasteiger partial charge is 0.323 e. The van der Waals surface area contributed by atoms with Crippen molar-refractivity contribution in [3.05, 3.63) is 65.7 Å². The van der Waals surface area contributed by atoms with Gasteiger partial charge >= 0.3 is 5.97 Å². The van der Waals surface area contributed by atoms with Gasteiger partial charge in [0.05, 0.1) is 6.10 Å². The van der Waals surface area contributed by atoms with Gasteiger partial charge in [0, 0.05) is 20.1 Å². The molecule has 3 unspecified atom stereocenters. The van der Waals surface area contributed by atoms with Gasteiger partial charge in [-0.1, -0.05) is 48.5 Å². The lowest BCUT2D eigenvalue weighted by Gasteiger charge is -2.31. The number of nitrogens with one attached hydrogen (secondary N) is 1. The first-order valence-corrected chi connectivity index (χ1v) is 13.1. The summed E-state index contributed by atoms with van der Waals surface area (Å²) in [5.41, 5.74) is 2.09. The molecule has 0 aliphatic heterocycles. The van der Waals surface area contributed by atoms with Crippen LogP contribution in [0.3, 0.4) is 0 Å². The summed E-state index contributed by atoms with van der Waals surface area (Å²) in [4.78, 5) is 12.3. The summed E-state index contributed by atoms with van der Waals surface area (Å²) in [6, 6.07) is 17.1. The van der Waals surface area contributed by atoms with E-state index in [0.717, 1.165) is 16.9 Å². The molecule has 0 heterocycles. The van der Waals surface area contributed by atoms with Crippen LogP contribution in [0.2, 0.25) is 0 Å². The van der Waals surface area contributed by atoms with E-state index in [0.29, 0.717) is 13.0 Å². The monoisotopic (exact) mass is 476 g/mol. The molecular weight excluding hydrogens is 439 g/mol. The van der Waals surface area contributed by atoms with Crippen LogP contribution in [0.4, 0.5) is 0 Å². The molecule has 33 heavy (non-hydrogen) atoms. The second kappa shape index (κ2) is 12.9. The Hall–Kier alpha value is -2.18. The number of carbonyl (C=O) groups excluding carboxylic acids is 1. The number of benzene rings is 2. The van der Waals surface area contributed by atoms with Crippen LogP contribution >= 0.6 is 7.44 Å². The van der Waals surface area contributed by atoms with Crippen molar-refractivity contribution >= 4 is 13.4 Å². The molecule has 0 spiro atoms. The highest BCUT2D eigenvalue weighted by Crippen LogP contribution is 2.45. The zero-order chi connectivity index (χ0) is 24.4. The summed E-state index contributed by atoms with van der Waals surface area (Å²) in [6.07, 6.45) is 0.0903. The second-order valence-corrected chi connectivity index (χ2v) is 11.0. The van der Waals surface area contributed by atoms with E-state index >= 15 is 0 Å². The number of para-hydroxylation sites is 1. The zero-order valence-electron chi connectivity index (χ0n) is 20.5. The van der Waals surface area contributed by atoms with Crippen LogP contribution in [0.15, 0.2) is 54.6 Å². The molecule has 2 aromatic carbocycles. The molecule has 2 rings (SSSR count). The number of hydrogen-bond acceptors (Lipinski definition) is 5. The molecule has 0 saturated carbocycles. The number of carbonyl (C=O) groups is 1. The third kappa shape index (κ3) is 8.27. The van der Waals surface area contributed by atoms with Gasteiger partial charge in [-0.2, -0.15) is 0 Å². The average molecular weight is 477 g/mol. The van der Waals surface area contributed by atoms with Crippen LogP contribution in [-0.4, -0.2) is 49.8 Å². The predicted octanol–water partition coefficient (Wildman–Crippen LogP) is 5.16. The van der Waals surface area contributed by atoms with Crippen molar-refractivity contribution in [1.29, 1.82) is 0 Å². The van der Waals surface area contributed by atoms with E-state index in [1.807, 2.05) is 61.5 Å². The Kier molecular flexibility index (Phi) is 10.6. The first-order valence-electron chi connectivity index (χ1n) is 11.2. The van der Waals surface area contributed by atoms with Crippen molar-refractivity contribution in [3.8, 4) is 5.75 Å². The molecular formula is C25H37N2O5P. The molecule has 0 aliphatic carbocycles. The van der Waals surface area contributed by atoms with Crippen LogP contribution in [0.1, 0.15) is 44.4 Å². The van der Waals surface area contributed by atoms with Gasteiger partial charge < -0.3 is 14.2 Å². The van der Waals surface area contributed by atoms with Gasteiger partial charge in [0.2, 0.25) is 7.44 Å². The fourth-order valence-corrected chi connectivity index (χ4v) is 5.34. The number of methoxy groups -OCH3 is 1. The summed E-state index contributed by atoms with van der Waals surface area (Å²) in [6.45, 7) is 7.69. The van der Waals surface area contributed by atoms with Crippen molar-refractivity contribution in [2.45, 2.75) is 52.4 Å². The van der Waals surface area contributed by atoms with E-state index in [2.05, 4.69) is 5.09 Å². The quantitative estimate of drug-likeness (QED) is 0.316. The number of hydrogen-bond donors (Lipinski definition) is 1. The fourth-order valence-electron chi connectivity index (χ4n) is 3.37. The molecule has 0 bridgehead atoms. The molecule has 0 radical (unpaired) electrons. The average Bonchev–Trinajstić information content (AvgIpc) is 2.77. The highest BCUT2D eigenvalue weighted by molar-refractivity contribution is 7.59. The standard InChI is InChI=1S/C25H37N2O5P/c1-19(2)31-25(28)21(4)26-33(29,18-30-6)27(5)17-16-24(22-13-8-7-9-14-22)32-23-15-11-10-12-20(23)3/h7-15,19,21,24H,16-18H2,1-6H3,(H,26,29). The molecule has 182 valence electrons. The van der Waals surface area contributed by atoms with Gasteiger partial charge in [-0.05, 0) is 51.9 Å². The van der Waals surface area contributed by atoms with Gasteiger partial charge in [0.1, 0.15) is 24.2 Å². The Morgan fingerprint density at radius 1 is 1.06 bits per heavy atom. The normalized spacial score (nSPS) is 15.2. The van der Waals surface area contributed by atoms with E-state index in [-0.39, 0.29) is 18.6 Å². The Bertz CT molecular complexity index is 922. The SMILES string of the molecule is COCP(=O)(NC(C)C(=O)OC(C)C)N(C)CCC(Oc1ccccc1C)c1ccccc1. The molecule has 0 amide bonds. The van der Waals surface area contributed by atoms with Crippen LogP contribution < -0.4 is 9.82 Å². The maximum Gasteiger partial charge on any atom is 0.323 e. The molecule has 0 aromatic heterocycles. The highest BCUT2D eigenvalue weighted by Gasteiger charge is 2.33.